The smallest absolute Gasteiger partial charge is 0.143 e. The molecule has 0 radical (unpaired) electrons. The van der Waals surface area contributed by atoms with Crippen molar-refractivity contribution in [2.75, 3.05) is 4.90 Å². The molecule has 0 aliphatic heterocycles. The number of hydrogen-bond donors (Lipinski definition) is 0. The summed E-state index contributed by atoms with van der Waals surface area (Å²) < 4.78 is 13.5. The monoisotopic (exact) mass is 779 g/mol. The first kappa shape index (κ1) is 34.9. The quantitative estimate of drug-likeness (QED) is 0.161. The molecule has 0 amide bonds. The molecule has 0 unspecified atom stereocenters. The predicted octanol–water partition coefficient (Wildman–Crippen LogP) is 16.8. The molecule has 2 aromatic heterocycles. The molecule has 2 heterocycles. The van der Waals surface area contributed by atoms with Crippen LogP contribution in [0.3, 0.4) is 0 Å². The van der Waals surface area contributed by atoms with Crippen molar-refractivity contribution in [3.8, 4) is 44.5 Å². The van der Waals surface area contributed by atoms with Gasteiger partial charge >= 0.3 is 0 Å². The maximum absolute atomic E-state index is 7.06. The van der Waals surface area contributed by atoms with Gasteiger partial charge in [0.1, 0.15) is 22.3 Å². The second kappa shape index (κ2) is 14.3. The highest BCUT2D eigenvalue weighted by Crippen LogP contribution is 2.47. The molecule has 3 nitrogen and oxygen atoms in total. The SMILES string of the molecule is c1ccc(-c2ccc(N(c3ccc(-c4cccc5c4oc4ccccc45)cc3)c3cc(-c4ccccc4)c4c(c3)oc3c5ccccc5c(-c5ccccc5)cc34)cc2)cc1. The molecule has 0 atom stereocenters. The maximum atomic E-state index is 7.06. The van der Waals surface area contributed by atoms with Crippen molar-refractivity contribution in [2.45, 2.75) is 0 Å². The Morgan fingerprint density at radius 2 is 0.754 bits per heavy atom. The molecule has 0 fully saturated rings. The topological polar surface area (TPSA) is 29.5 Å². The van der Waals surface area contributed by atoms with Gasteiger partial charge in [-0.05, 0) is 86.8 Å². The van der Waals surface area contributed by atoms with Gasteiger partial charge in [0.15, 0.2) is 0 Å². The molecule has 10 aromatic carbocycles. The molecule has 12 rings (SSSR count). The zero-order chi connectivity index (χ0) is 40.3. The number of furan rings is 2. The average Bonchev–Trinajstić information content (AvgIpc) is 3.91. The van der Waals surface area contributed by atoms with Crippen LogP contribution in [0.1, 0.15) is 0 Å². The summed E-state index contributed by atoms with van der Waals surface area (Å²) >= 11 is 0. The first-order valence-electron chi connectivity index (χ1n) is 20.7. The molecule has 286 valence electrons. The Morgan fingerprint density at radius 3 is 1.44 bits per heavy atom. The Morgan fingerprint density at radius 1 is 0.262 bits per heavy atom. The zero-order valence-electron chi connectivity index (χ0n) is 33.1. The number of nitrogens with zero attached hydrogens (tertiary/aromatic N) is 1. The third-order valence-corrected chi connectivity index (χ3v) is 12.1. The first-order chi connectivity index (χ1) is 30.2. The Bertz CT molecular complexity index is 3550. The summed E-state index contributed by atoms with van der Waals surface area (Å²) in [5.74, 6) is 0. The van der Waals surface area contributed by atoms with Gasteiger partial charge in [-0.2, -0.15) is 0 Å². The van der Waals surface area contributed by atoms with Crippen LogP contribution in [0.25, 0.3) is 99.2 Å². The van der Waals surface area contributed by atoms with Crippen LogP contribution in [-0.2, 0) is 0 Å². The molecular weight excluding hydrogens is 743 g/mol. The summed E-state index contributed by atoms with van der Waals surface area (Å²) in [4.78, 5) is 2.34. The number of benzene rings is 10. The average molecular weight is 780 g/mol. The second-order valence-electron chi connectivity index (χ2n) is 15.6. The van der Waals surface area contributed by atoms with Gasteiger partial charge < -0.3 is 13.7 Å². The van der Waals surface area contributed by atoms with E-state index in [0.29, 0.717) is 0 Å². The van der Waals surface area contributed by atoms with Crippen molar-refractivity contribution in [1.82, 2.24) is 0 Å². The molecule has 0 aliphatic rings. The first-order valence-corrected chi connectivity index (χ1v) is 20.7. The van der Waals surface area contributed by atoms with Gasteiger partial charge in [0.05, 0.1) is 5.69 Å². The van der Waals surface area contributed by atoms with Gasteiger partial charge in [0.2, 0.25) is 0 Å². The van der Waals surface area contributed by atoms with Crippen LogP contribution in [0, 0.1) is 0 Å². The van der Waals surface area contributed by atoms with E-state index in [1.807, 2.05) is 12.1 Å². The van der Waals surface area contributed by atoms with E-state index in [9.17, 15) is 0 Å². The predicted molar refractivity (Wildman–Crippen MR) is 255 cm³/mol. The van der Waals surface area contributed by atoms with Crippen LogP contribution >= 0.6 is 0 Å². The molecule has 0 N–H and O–H groups in total. The molecule has 3 heteroatoms. The number of rotatable bonds is 7. The minimum Gasteiger partial charge on any atom is -0.455 e. The lowest BCUT2D eigenvalue weighted by Crippen LogP contribution is -2.10. The lowest BCUT2D eigenvalue weighted by Gasteiger charge is -2.26. The lowest BCUT2D eigenvalue weighted by molar-refractivity contribution is 0.670. The van der Waals surface area contributed by atoms with Gasteiger partial charge in [-0.15, -0.1) is 0 Å². The Hall–Kier alpha value is -8.14. The van der Waals surface area contributed by atoms with Gasteiger partial charge in [-0.3, -0.25) is 0 Å². The summed E-state index contributed by atoms with van der Waals surface area (Å²) in [5, 5.41) is 6.70. The van der Waals surface area contributed by atoms with Gasteiger partial charge in [0, 0.05) is 49.9 Å². The van der Waals surface area contributed by atoms with Crippen molar-refractivity contribution >= 4 is 71.7 Å². The standard InChI is InChI=1S/C58H37NO2/c1-4-15-38(16-5-1)39-27-31-43(32-28-39)59(44-33-29-42(30-34-44)46-24-14-25-50-48-22-12-13-26-54(48)60-57(46)50)45-35-52(41-19-8-3-9-20-41)56-53-37-51(40-17-6-2-7-18-40)47-21-10-11-23-49(47)58(53)61-55(56)36-45/h1-37H. The molecule has 12 aromatic rings. The summed E-state index contributed by atoms with van der Waals surface area (Å²) in [6.07, 6.45) is 0. The molecule has 0 aliphatic carbocycles. The third kappa shape index (κ3) is 5.90. The second-order valence-corrected chi connectivity index (χ2v) is 15.6. The van der Waals surface area contributed by atoms with E-state index in [-0.39, 0.29) is 0 Å². The largest absolute Gasteiger partial charge is 0.455 e. The Labute approximate surface area is 353 Å². The molecule has 0 bridgehead atoms. The third-order valence-electron chi connectivity index (χ3n) is 12.1. The van der Waals surface area contributed by atoms with E-state index in [0.717, 1.165) is 94.1 Å². The highest BCUT2D eigenvalue weighted by atomic mass is 16.3. The van der Waals surface area contributed by atoms with Crippen LogP contribution in [-0.4, -0.2) is 0 Å². The normalized spacial score (nSPS) is 11.6. The van der Waals surface area contributed by atoms with Crippen molar-refractivity contribution < 1.29 is 8.83 Å². The number of fused-ring (bicyclic) bond motifs is 8. The van der Waals surface area contributed by atoms with E-state index < -0.39 is 0 Å². The van der Waals surface area contributed by atoms with Crippen LogP contribution in [0.2, 0.25) is 0 Å². The van der Waals surface area contributed by atoms with Crippen LogP contribution < -0.4 is 4.90 Å². The van der Waals surface area contributed by atoms with Crippen molar-refractivity contribution in [2.24, 2.45) is 0 Å². The highest BCUT2D eigenvalue weighted by Gasteiger charge is 2.22. The minimum absolute atomic E-state index is 0.834. The fraction of sp³-hybridized carbons (Fsp3) is 0. The van der Waals surface area contributed by atoms with E-state index >= 15 is 0 Å². The number of hydrogen-bond acceptors (Lipinski definition) is 3. The van der Waals surface area contributed by atoms with E-state index in [2.05, 4.69) is 217 Å². The van der Waals surface area contributed by atoms with Gasteiger partial charge in [-0.25, -0.2) is 0 Å². The van der Waals surface area contributed by atoms with Gasteiger partial charge in [-0.1, -0.05) is 176 Å². The van der Waals surface area contributed by atoms with Crippen LogP contribution in [0.4, 0.5) is 17.1 Å². The van der Waals surface area contributed by atoms with Crippen LogP contribution in [0.15, 0.2) is 233 Å². The summed E-state index contributed by atoms with van der Waals surface area (Å²) in [6.45, 7) is 0. The van der Waals surface area contributed by atoms with Crippen molar-refractivity contribution in [1.29, 1.82) is 0 Å². The Kier molecular flexibility index (Phi) is 8.17. The molecule has 61 heavy (non-hydrogen) atoms. The summed E-state index contributed by atoms with van der Waals surface area (Å²) in [7, 11) is 0. The minimum atomic E-state index is 0.834. The summed E-state index contributed by atoms with van der Waals surface area (Å²) in [6, 6.07) is 79.7. The lowest BCUT2D eigenvalue weighted by atomic mass is 9.93. The molecule has 0 saturated heterocycles. The van der Waals surface area contributed by atoms with Crippen LogP contribution in [0.5, 0.6) is 0 Å². The fourth-order valence-electron chi connectivity index (χ4n) is 9.19. The van der Waals surface area contributed by atoms with E-state index in [1.54, 1.807) is 0 Å². The van der Waals surface area contributed by atoms with Gasteiger partial charge in [0.25, 0.3) is 0 Å². The van der Waals surface area contributed by atoms with Crippen molar-refractivity contribution in [3.63, 3.8) is 0 Å². The fourth-order valence-corrected chi connectivity index (χ4v) is 9.19. The number of para-hydroxylation sites is 2. The highest BCUT2D eigenvalue weighted by molar-refractivity contribution is 6.23. The zero-order valence-corrected chi connectivity index (χ0v) is 33.1. The van der Waals surface area contributed by atoms with Crippen molar-refractivity contribution in [3.05, 3.63) is 224 Å². The molecule has 0 spiro atoms. The Balaban J connectivity index is 1.08. The summed E-state index contributed by atoms with van der Waals surface area (Å²) in [5.41, 5.74) is 15.7. The molecule has 0 saturated carbocycles. The number of anilines is 3. The maximum Gasteiger partial charge on any atom is 0.143 e. The molecular formula is C58H37NO2. The van der Waals surface area contributed by atoms with E-state index in [1.165, 1.54) is 22.1 Å². The van der Waals surface area contributed by atoms with E-state index in [4.69, 9.17) is 8.83 Å².